The SMILES string of the molecule is CN1CCN(c2nc3c(C(=O)O)cc(Cl)cc3o2)CC1. The molecule has 6 nitrogen and oxygen atoms in total. The molecule has 106 valence electrons. The first-order valence-corrected chi connectivity index (χ1v) is 6.69. The van der Waals surface area contributed by atoms with Crippen molar-refractivity contribution in [2.75, 3.05) is 38.1 Å². The molecule has 1 fully saturated rings. The van der Waals surface area contributed by atoms with Crippen LogP contribution in [-0.2, 0) is 0 Å². The van der Waals surface area contributed by atoms with Gasteiger partial charge in [0.05, 0.1) is 5.56 Å². The predicted molar refractivity (Wildman–Crippen MR) is 75.7 cm³/mol. The van der Waals surface area contributed by atoms with Crippen molar-refractivity contribution >= 4 is 34.7 Å². The lowest BCUT2D eigenvalue weighted by molar-refractivity contribution is 0.0699. The van der Waals surface area contributed by atoms with Crippen LogP contribution in [0.5, 0.6) is 0 Å². The number of carboxylic acid groups (broad SMARTS) is 1. The quantitative estimate of drug-likeness (QED) is 0.913. The van der Waals surface area contributed by atoms with E-state index in [-0.39, 0.29) is 5.56 Å². The molecule has 0 unspecified atom stereocenters. The van der Waals surface area contributed by atoms with Gasteiger partial charge in [-0.05, 0) is 13.1 Å². The van der Waals surface area contributed by atoms with Crippen molar-refractivity contribution in [3.63, 3.8) is 0 Å². The van der Waals surface area contributed by atoms with Gasteiger partial charge in [0.1, 0.15) is 5.52 Å². The Hall–Kier alpha value is -1.79. The van der Waals surface area contributed by atoms with Crippen LogP contribution in [0.2, 0.25) is 5.02 Å². The molecule has 1 aromatic heterocycles. The Morgan fingerprint density at radius 1 is 1.35 bits per heavy atom. The van der Waals surface area contributed by atoms with E-state index in [0.29, 0.717) is 22.1 Å². The third kappa shape index (κ3) is 2.32. The minimum atomic E-state index is -1.06. The normalized spacial score (nSPS) is 16.8. The van der Waals surface area contributed by atoms with Gasteiger partial charge in [0.2, 0.25) is 0 Å². The molecule has 20 heavy (non-hydrogen) atoms. The zero-order chi connectivity index (χ0) is 14.3. The maximum atomic E-state index is 11.2. The Labute approximate surface area is 120 Å². The Morgan fingerprint density at radius 3 is 2.70 bits per heavy atom. The van der Waals surface area contributed by atoms with E-state index in [0.717, 1.165) is 26.2 Å². The van der Waals surface area contributed by atoms with E-state index in [4.69, 9.17) is 16.0 Å². The number of carbonyl (C=O) groups is 1. The monoisotopic (exact) mass is 295 g/mol. The fraction of sp³-hybridized carbons (Fsp3) is 0.385. The van der Waals surface area contributed by atoms with Gasteiger partial charge in [-0.15, -0.1) is 0 Å². The second kappa shape index (κ2) is 4.96. The van der Waals surface area contributed by atoms with Gasteiger partial charge in [0.25, 0.3) is 6.01 Å². The first-order valence-electron chi connectivity index (χ1n) is 6.31. The van der Waals surface area contributed by atoms with E-state index in [1.807, 2.05) is 4.90 Å². The lowest BCUT2D eigenvalue weighted by Gasteiger charge is -2.31. The van der Waals surface area contributed by atoms with E-state index >= 15 is 0 Å². The van der Waals surface area contributed by atoms with Crippen molar-refractivity contribution in [2.45, 2.75) is 0 Å². The number of hydrogen-bond donors (Lipinski definition) is 1. The van der Waals surface area contributed by atoms with E-state index in [2.05, 4.69) is 16.9 Å². The number of halogens is 1. The summed E-state index contributed by atoms with van der Waals surface area (Å²) in [5.41, 5.74) is 0.816. The summed E-state index contributed by atoms with van der Waals surface area (Å²) in [5.74, 6) is -1.06. The minimum absolute atomic E-state index is 0.0663. The lowest BCUT2D eigenvalue weighted by atomic mass is 10.2. The average molecular weight is 296 g/mol. The van der Waals surface area contributed by atoms with Gasteiger partial charge in [-0.1, -0.05) is 11.6 Å². The van der Waals surface area contributed by atoms with Gasteiger partial charge >= 0.3 is 5.97 Å². The zero-order valence-electron chi connectivity index (χ0n) is 11.0. The molecule has 1 aliphatic heterocycles. The van der Waals surface area contributed by atoms with Gasteiger partial charge in [-0.3, -0.25) is 0 Å². The Kier molecular flexibility index (Phi) is 3.27. The molecule has 1 aromatic carbocycles. The predicted octanol–water partition coefficient (Wildman–Crippen LogP) is 1.93. The van der Waals surface area contributed by atoms with Crippen molar-refractivity contribution in [1.29, 1.82) is 0 Å². The number of rotatable bonds is 2. The van der Waals surface area contributed by atoms with Crippen LogP contribution in [0.4, 0.5) is 6.01 Å². The number of nitrogens with zero attached hydrogens (tertiary/aromatic N) is 3. The highest BCUT2D eigenvalue weighted by molar-refractivity contribution is 6.31. The van der Waals surface area contributed by atoms with Crippen LogP contribution in [0.1, 0.15) is 10.4 Å². The second-order valence-electron chi connectivity index (χ2n) is 4.89. The van der Waals surface area contributed by atoms with Crippen LogP contribution in [0.15, 0.2) is 16.5 Å². The largest absolute Gasteiger partial charge is 0.478 e. The molecule has 0 radical (unpaired) electrons. The minimum Gasteiger partial charge on any atom is -0.478 e. The van der Waals surface area contributed by atoms with Crippen molar-refractivity contribution in [2.24, 2.45) is 0 Å². The summed E-state index contributed by atoms with van der Waals surface area (Å²) in [6.07, 6.45) is 0. The summed E-state index contributed by atoms with van der Waals surface area (Å²) in [6, 6.07) is 3.44. The van der Waals surface area contributed by atoms with E-state index in [1.165, 1.54) is 6.07 Å². The highest BCUT2D eigenvalue weighted by atomic mass is 35.5. The van der Waals surface area contributed by atoms with Crippen molar-refractivity contribution < 1.29 is 14.3 Å². The van der Waals surface area contributed by atoms with Crippen LogP contribution in [0, 0.1) is 0 Å². The molecule has 7 heteroatoms. The van der Waals surface area contributed by atoms with E-state index in [9.17, 15) is 9.90 Å². The highest BCUT2D eigenvalue weighted by Crippen LogP contribution is 2.28. The van der Waals surface area contributed by atoms with Crippen molar-refractivity contribution in [1.82, 2.24) is 9.88 Å². The van der Waals surface area contributed by atoms with E-state index < -0.39 is 5.97 Å². The topological polar surface area (TPSA) is 69.8 Å². The summed E-state index contributed by atoms with van der Waals surface area (Å²) in [5, 5.41) is 9.53. The summed E-state index contributed by atoms with van der Waals surface area (Å²) in [4.78, 5) is 19.8. The number of benzene rings is 1. The molecule has 1 saturated heterocycles. The number of likely N-dealkylation sites (N-methyl/N-ethyl adjacent to an activating group) is 1. The molecule has 3 rings (SSSR count). The molecule has 0 aliphatic carbocycles. The summed E-state index contributed by atoms with van der Waals surface area (Å²) < 4.78 is 5.66. The molecule has 0 bridgehead atoms. The second-order valence-corrected chi connectivity index (χ2v) is 5.33. The molecule has 2 aromatic rings. The number of aromatic nitrogens is 1. The van der Waals surface area contributed by atoms with Gasteiger partial charge in [0, 0.05) is 37.3 Å². The first kappa shape index (κ1) is 13.2. The Balaban J connectivity index is 2.02. The molecular formula is C13H14ClN3O3. The highest BCUT2D eigenvalue weighted by Gasteiger charge is 2.22. The molecule has 2 heterocycles. The number of carboxylic acids is 1. The number of aromatic carboxylic acids is 1. The smallest absolute Gasteiger partial charge is 0.338 e. The summed E-state index contributed by atoms with van der Waals surface area (Å²) in [7, 11) is 2.06. The lowest BCUT2D eigenvalue weighted by Crippen LogP contribution is -2.44. The molecule has 0 atom stereocenters. The summed E-state index contributed by atoms with van der Waals surface area (Å²) >= 11 is 5.91. The maximum absolute atomic E-state index is 11.2. The number of anilines is 1. The van der Waals surface area contributed by atoms with Gasteiger partial charge in [0.15, 0.2) is 5.58 Å². The Morgan fingerprint density at radius 2 is 2.05 bits per heavy atom. The van der Waals surface area contributed by atoms with Crippen LogP contribution < -0.4 is 4.90 Å². The third-order valence-electron chi connectivity index (χ3n) is 3.45. The van der Waals surface area contributed by atoms with Crippen molar-refractivity contribution in [3.05, 3.63) is 22.7 Å². The molecule has 1 aliphatic rings. The molecule has 0 spiro atoms. The maximum Gasteiger partial charge on any atom is 0.338 e. The zero-order valence-corrected chi connectivity index (χ0v) is 11.7. The Bertz CT molecular complexity index is 662. The fourth-order valence-electron chi connectivity index (χ4n) is 2.28. The van der Waals surface area contributed by atoms with Crippen LogP contribution in [0.25, 0.3) is 11.1 Å². The summed E-state index contributed by atoms with van der Waals surface area (Å²) in [6.45, 7) is 3.45. The third-order valence-corrected chi connectivity index (χ3v) is 3.67. The standard InChI is InChI=1S/C13H14ClN3O3/c1-16-2-4-17(5-3-16)13-15-11-9(12(18)19)6-8(14)7-10(11)20-13/h6-7H,2-5H2,1H3,(H,18,19). The van der Waals surface area contributed by atoms with Gasteiger partial charge in [-0.2, -0.15) is 4.98 Å². The number of hydrogen-bond acceptors (Lipinski definition) is 5. The van der Waals surface area contributed by atoms with Crippen LogP contribution >= 0.6 is 11.6 Å². The molecular weight excluding hydrogens is 282 g/mol. The number of piperazine rings is 1. The number of fused-ring (bicyclic) bond motifs is 1. The molecule has 0 amide bonds. The van der Waals surface area contributed by atoms with Gasteiger partial charge < -0.3 is 19.3 Å². The first-order chi connectivity index (χ1) is 9.54. The van der Waals surface area contributed by atoms with Crippen LogP contribution in [0.3, 0.4) is 0 Å². The fourth-order valence-corrected chi connectivity index (χ4v) is 2.49. The van der Waals surface area contributed by atoms with Gasteiger partial charge in [-0.25, -0.2) is 4.79 Å². The van der Waals surface area contributed by atoms with E-state index in [1.54, 1.807) is 6.07 Å². The van der Waals surface area contributed by atoms with Crippen molar-refractivity contribution in [3.8, 4) is 0 Å². The molecule has 1 N–H and O–H groups in total. The number of oxazole rings is 1. The van der Waals surface area contributed by atoms with Crippen LogP contribution in [-0.4, -0.2) is 54.2 Å². The average Bonchev–Trinajstić information content (AvgIpc) is 2.81. The molecule has 0 saturated carbocycles.